The van der Waals surface area contributed by atoms with Crippen LogP contribution in [0.15, 0.2) is 0 Å². The second-order valence-electron chi connectivity index (χ2n) is 4.53. The molecule has 2 N–H and O–H groups in total. The van der Waals surface area contributed by atoms with E-state index in [1.807, 2.05) is 0 Å². The highest BCUT2D eigenvalue weighted by atomic mass is 16.4. The molecule has 6 heteroatoms. The van der Waals surface area contributed by atoms with Crippen LogP contribution in [0.3, 0.4) is 0 Å². The Kier molecular flexibility index (Phi) is 2.08. The summed E-state index contributed by atoms with van der Waals surface area (Å²) in [5.74, 6) is -0.305. The number of carboxylic acid groups (broad SMARTS) is 1. The van der Waals surface area contributed by atoms with Gasteiger partial charge in [-0.1, -0.05) is 0 Å². The second-order valence-corrected chi connectivity index (χ2v) is 4.53. The van der Waals surface area contributed by atoms with Crippen molar-refractivity contribution in [2.24, 2.45) is 0 Å². The number of carbonyl (C=O) groups is 1. The second kappa shape index (κ2) is 3.47. The largest absolute Gasteiger partial charge is 0.475 e. The predicted octanol–water partition coefficient (Wildman–Crippen LogP) is 1.28. The number of aromatic nitrogens is 3. The third-order valence-corrected chi connectivity index (χ3v) is 3.24. The number of anilines is 1. The van der Waals surface area contributed by atoms with Crippen molar-refractivity contribution in [2.45, 2.75) is 44.2 Å². The van der Waals surface area contributed by atoms with Crippen LogP contribution in [-0.2, 0) is 0 Å². The van der Waals surface area contributed by atoms with Crippen molar-refractivity contribution in [3.05, 3.63) is 5.82 Å². The van der Waals surface area contributed by atoms with E-state index in [1.54, 1.807) is 4.57 Å². The molecule has 0 unspecified atom stereocenters. The summed E-state index contributed by atoms with van der Waals surface area (Å²) < 4.78 is 1.75. The zero-order chi connectivity index (χ0) is 11.1. The number of nitrogens with zero attached hydrogens (tertiary/aromatic N) is 3. The van der Waals surface area contributed by atoms with Gasteiger partial charge in [-0.05, 0) is 32.1 Å². The van der Waals surface area contributed by atoms with Gasteiger partial charge in [0.25, 0.3) is 0 Å². The highest BCUT2D eigenvalue weighted by Gasteiger charge is 2.31. The van der Waals surface area contributed by atoms with Gasteiger partial charge in [0.1, 0.15) is 0 Å². The zero-order valence-corrected chi connectivity index (χ0v) is 8.89. The van der Waals surface area contributed by atoms with E-state index in [1.165, 1.54) is 0 Å². The molecule has 2 fully saturated rings. The van der Waals surface area contributed by atoms with Crippen LogP contribution in [0, 0.1) is 0 Å². The Morgan fingerprint density at radius 3 is 2.56 bits per heavy atom. The quantitative estimate of drug-likeness (QED) is 0.802. The first-order valence-electron chi connectivity index (χ1n) is 5.70. The summed E-state index contributed by atoms with van der Waals surface area (Å²) >= 11 is 0. The van der Waals surface area contributed by atoms with E-state index in [4.69, 9.17) is 5.11 Å². The van der Waals surface area contributed by atoms with Crippen molar-refractivity contribution in [2.75, 3.05) is 5.32 Å². The molecule has 6 nitrogen and oxygen atoms in total. The van der Waals surface area contributed by atoms with E-state index in [0.717, 1.165) is 32.1 Å². The van der Waals surface area contributed by atoms with Gasteiger partial charge in [-0.3, -0.25) is 4.57 Å². The number of nitrogens with one attached hydrogen (secondary N) is 1. The molecule has 16 heavy (non-hydrogen) atoms. The number of rotatable bonds is 4. The lowest BCUT2D eigenvalue weighted by Gasteiger charge is -2.28. The molecule has 86 valence electrons. The molecule has 3 rings (SSSR count). The summed E-state index contributed by atoms with van der Waals surface area (Å²) in [5, 5.41) is 20.0. The first-order chi connectivity index (χ1) is 7.75. The maximum atomic E-state index is 11.0. The minimum Gasteiger partial charge on any atom is -0.475 e. The van der Waals surface area contributed by atoms with Crippen molar-refractivity contribution in [3.8, 4) is 0 Å². The first kappa shape index (κ1) is 9.62. The van der Waals surface area contributed by atoms with E-state index in [2.05, 4.69) is 15.5 Å². The average molecular weight is 222 g/mol. The molecule has 1 aromatic heterocycles. The van der Waals surface area contributed by atoms with Crippen molar-refractivity contribution < 1.29 is 9.90 Å². The fraction of sp³-hybridized carbons (Fsp3) is 0.700. The summed E-state index contributed by atoms with van der Waals surface area (Å²) in [4.78, 5) is 11.0. The Labute approximate surface area is 92.7 Å². The molecule has 1 heterocycles. The number of hydrogen-bond donors (Lipinski definition) is 2. The standard InChI is InChI=1S/C10H14N4O2/c15-9(16)8-12-13-10(11-6-4-5-6)14(8)7-2-1-3-7/h6-7H,1-5H2,(H,11,13)(H,15,16). The van der Waals surface area contributed by atoms with Crippen LogP contribution in [0.5, 0.6) is 0 Å². The van der Waals surface area contributed by atoms with Crippen LogP contribution in [-0.4, -0.2) is 31.9 Å². The summed E-state index contributed by atoms with van der Waals surface area (Å²) in [5.41, 5.74) is 0. The maximum Gasteiger partial charge on any atom is 0.374 e. The minimum atomic E-state index is -0.997. The Morgan fingerprint density at radius 1 is 1.31 bits per heavy atom. The molecule has 2 saturated carbocycles. The molecule has 2 aliphatic rings. The average Bonchev–Trinajstić information content (AvgIpc) is 2.86. The predicted molar refractivity (Wildman–Crippen MR) is 56.5 cm³/mol. The molecule has 0 bridgehead atoms. The molecule has 0 aromatic carbocycles. The lowest BCUT2D eigenvalue weighted by Crippen LogP contribution is -2.23. The Balaban J connectivity index is 1.92. The highest BCUT2D eigenvalue weighted by Crippen LogP contribution is 2.35. The van der Waals surface area contributed by atoms with Crippen LogP contribution in [0.4, 0.5) is 5.95 Å². The van der Waals surface area contributed by atoms with Gasteiger partial charge in [-0.2, -0.15) is 0 Å². The monoisotopic (exact) mass is 222 g/mol. The minimum absolute atomic E-state index is 0.0628. The van der Waals surface area contributed by atoms with E-state index in [0.29, 0.717) is 12.0 Å². The third-order valence-electron chi connectivity index (χ3n) is 3.24. The topological polar surface area (TPSA) is 80.0 Å². The van der Waals surface area contributed by atoms with E-state index in [9.17, 15) is 4.79 Å². The first-order valence-corrected chi connectivity index (χ1v) is 5.70. The van der Waals surface area contributed by atoms with E-state index < -0.39 is 5.97 Å². The Hall–Kier alpha value is -1.59. The van der Waals surface area contributed by atoms with Crippen LogP contribution >= 0.6 is 0 Å². The van der Waals surface area contributed by atoms with Gasteiger partial charge in [-0.25, -0.2) is 4.79 Å². The summed E-state index contributed by atoms with van der Waals surface area (Å²) in [7, 11) is 0. The van der Waals surface area contributed by atoms with Gasteiger partial charge < -0.3 is 10.4 Å². The highest BCUT2D eigenvalue weighted by molar-refractivity contribution is 5.84. The van der Waals surface area contributed by atoms with Crippen molar-refractivity contribution >= 4 is 11.9 Å². The van der Waals surface area contributed by atoms with Crippen molar-refractivity contribution in [1.29, 1.82) is 0 Å². The molecule has 0 saturated heterocycles. The van der Waals surface area contributed by atoms with Crippen molar-refractivity contribution in [3.63, 3.8) is 0 Å². The molecule has 0 radical (unpaired) electrons. The molecule has 0 aliphatic heterocycles. The van der Waals surface area contributed by atoms with Crippen LogP contribution < -0.4 is 5.32 Å². The molecule has 1 aromatic rings. The fourth-order valence-corrected chi connectivity index (χ4v) is 1.94. The SMILES string of the molecule is O=C(O)c1nnc(NC2CC2)n1C1CCC1. The van der Waals surface area contributed by atoms with Gasteiger partial charge >= 0.3 is 5.97 Å². The smallest absolute Gasteiger partial charge is 0.374 e. The third kappa shape index (κ3) is 1.54. The number of hydrogen-bond acceptors (Lipinski definition) is 4. The molecular weight excluding hydrogens is 208 g/mol. The van der Waals surface area contributed by atoms with Crippen molar-refractivity contribution in [1.82, 2.24) is 14.8 Å². The van der Waals surface area contributed by atoms with E-state index >= 15 is 0 Å². The van der Waals surface area contributed by atoms with Crippen LogP contribution in [0.25, 0.3) is 0 Å². The van der Waals surface area contributed by atoms with Gasteiger partial charge in [0.05, 0.1) is 0 Å². The van der Waals surface area contributed by atoms with Crippen LogP contribution in [0.1, 0.15) is 48.8 Å². The summed E-state index contributed by atoms with van der Waals surface area (Å²) in [6.45, 7) is 0. The molecule has 0 atom stereocenters. The maximum absolute atomic E-state index is 11.0. The Morgan fingerprint density at radius 2 is 2.06 bits per heavy atom. The lowest BCUT2D eigenvalue weighted by molar-refractivity contribution is 0.0671. The van der Waals surface area contributed by atoms with E-state index in [-0.39, 0.29) is 11.9 Å². The lowest BCUT2D eigenvalue weighted by atomic mass is 9.93. The molecular formula is C10H14N4O2. The summed E-state index contributed by atoms with van der Waals surface area (Å²) in [6.07, 6.45) is 5.49. The molecule has 0 amide bonds. The molecule has 2 aliphatic carbocycles. The summed E-state index contributed by atoms with van der Waals surface area (Å²) in [6, 6.07) is 0.729. The fourth-order valence-electron chi connectivity index (χ4n) is 1.94. The van der Waals surface area contributed by atoms with Crippen LogP contribution in [0.2, 0.25) is 0 Å². The van der Waals surface area contributed by atoms with Gasteiger partial charge in [-0.15, -0.1) is 10.2 Å². The Bertz CT molecular complexity index is 420. The zero-order valence-electron chi connectivity index (χ0n) is 8.89. The van der Waals surface area contributed by atoms with Gasteiger partial charge in [0, 0.05) is 12.1 Å². The molecule has 0 spiro atoms. The number of aromatic carboxylic acids is 1. The van der Waals surface area contributed by atoms with Gasteiger partial charge in [0.15, 0.2) is 0 Å². The normalized spacial score (nSPS) is 20.5. The van der Waals surface area contributed by atoms with Gasteiger partial charge in [0.2, 0.25) is 11.8 Å². The number of carboxylic acids is 1.